The van der Waals surface area contributed by atoms with E-state index in [4.69, 9.17) is 0 Å². The summed E-state index contributed by atoms with van der Waals surface area (Å²) in [7, 11) is 0. The minimum absolute atomic E-state index is 0.00334. The minimum atomic E-state index is -0.511. The summed E-state index contributed by atoms with van der Waals surface area (Å²) in [5, 5.41) is 3.03. The first-order chi connectivity index (χ1) is 10.6. The van der Waals surface area contributed by atoms with Crippen LogP contribution in [0.3, 0.4) is 0 Å². The second-order valence-electron chi connectivity index (χ2n) is 5.63. The van der Waals surface area contributed by atoms with E-state index >= 15 is 0 Å². The molecule has 2 aromatic rings. The predicted octanol–water partition coefficient (Wildman–Crippen LogP) is 4.61. The molecule has 0 heterocycles. The number of benzene rings is 2. The molecule has 0 atom stereocenters. The number of halogens is 1. The topological polar surface area (TPSA) is 29.1 Å². The Hall–Kier alpha value is -1.81. The lowest BCUT2D eigenvalue weighted by Gasteiger charge is -2.40. The number of amides is 1. The van der Waals surface area contributed by atoms with Crippen molar-refractivity contribution in [2.45, 2.75) is 29.6 Å². The molecule has 2 aromatic carbocycles. The third kappa shape index (κ3) is 2.75. The molecule has 1 saturated carbocycles. The molecule has 1 aliphatic carbocycles. The molecule has 114 valence electrons. The lowest BCUT2D eigenvalue weighted by Crippen LogP contribution is -2.46. The molecule has 22 heavy (non-hydrogen) atoms. The molecular formula is C18H18FNOS. The number of carbonyl (C=O) groups excluding carboxylic acids is 1. The second-order valence-corrected chi connectivity index (χ2v) is 6.51. The number of hydrogen-bond donors (Lipinski definition) is 1. The molecule has 0 bridgehead atoms. The Kier molecular flexibility index (Phi) is 4.21. The van der Waals surface area contributed by atoms with Crippen molar-refractivity contribution < 1.29 is 9.18 Å². The quantitative estimate of drug-likeness (QED) is 0.835. The van der Waals surface area contributed by atoms with Gasteiger partial charge in [-0.25, -0.2) is 4.39 Å². The molecule has 0 aliphatic heterocycles. The van der Waals surface area contributed by atoms with Crippen LogP contribution in [0.2, 0.25) is 0 Å². The van der Waals surface area contributed by atoms with Gasteiger partial charge in [-0.05, 0) is 55.0 Å². The summed E-state index contributed by atoms with van der Waals surface area (Å²) in [6.07, 6.45) is 4.65. The summed E-state index contributed by atoms with van der Waals surface area (Å²) >= 11 is 1.64. The van der Waals surface area contributed by atoms with Gasteiger partial charge < -0.3 is 5.32 Å². The molecule has 0 spiro atoms. The van der Waals surface area contributed by atoms with Crippen molar-refractivity contribution in [2.24, 2.45) is 0 Å². The van der Waals surface area contributed by atoms with Gasteiger partial charge in [0.1, 0.15) is 5.82 Å². The zero-order valence-corrected chi connectivity index (χ0v) is 13.3. The Morgan fingerprint density at radius 2 is 1.91 bits per heavy atom. The molecule has 1 amide bonds. The number of nitrogens with one attached hydrogen (secondary N) is 1. The first-order valence-electron chi connectivity index (χ1n) is 7.36. The van der Waals surface area contributed by atoms with E-state index in [9.17, 15) is 9.18 Å². The average Bonchev–Trinajstić information content (AvgIpc) is 2.48. The smallest absolute Gasteiger partial charge is 0.235 e. The normalized spacial score (nSPS) is 15.9. The van der Waals surface area contributed by atoms with E-state index in [0.29, 0.717) is 0 Å². The maximum Gasteiger partial charge on any atom is 0.235 e. The second kappa shape index (κ2) is 6.13. The van der Waals surface area contributed by atoms with Gasteiger partial charge in [0, 0.05) is 10.6 Å². The van der Waals surface area contributed by atoms with E-state index in [1.165, 1.54) is 12.1 Å². The monoisotopic (exact) mass is 315 g/mol. The van der Waals surface area contributed by atoms with Crippen molar-refractivity contribution in [1.82, 2.24) is 0 Å². The molecule has 0 radical (unpaired) electrons. The van der Waals surface area contributed by atoms with E-state index in [-0.39, 0.29) is 11.7 Å². The number of rotatable bonds is 4. The number of hydrogen-bond acceptors (Lipinski definition) is 2. The molecular weight excluding hydrogens is 297 g/mol. The maximum atomic E-state index is 13.1. The van der Waals surface area contributed by atoms with Crippen LogP contribution in [-0.2, 0) is 10.2 Å². The van der Waals surface area contributed by atoms with Crippen LogP contribution in [0.15, 0.2) is 53.4 Å². The summed E-state index contributed by atoms with van der Waals surface area (Å²) in [5.41, 5.74) is 1.20. The van der Waals surface area contributed by atoms with Crippen LogP contribution in [0.5, 0.6) is 0 Å². The van der Waals surface area contributed by atoms with E-state index in [1.54, 1.807) is 23.9 Å². The van der Waals surface area contributed by atoms with E-state index in [1.807, 2.05) is 30.5 Å². The van der Waals surface area contributed by atoms with Gasteiger partial charge in [-0.2, -0.15) is 0 Å². The first-order valence-corrected chi connectivity index (χ1v) is 8.58. The van der Waals surface area contributed by atoms with Crippen LogP contribution in [-0.4, -0.2) is 12.2 Å². The molecule has 2 nitrogen and oxygen atoms in total. The van der Waals surface area contributed by atoms with Crippen LogP contribution < -0.4 is 5.32 Å². The van der Waals surface area contributed by atoms with Crippen LogP contribution in [0.25, 0.3) is 0 Å². The van der Waals surface area contributed by atoms with Crippen molar-refractivity contribution >= 4 is 23.4 Å². The lowest BCUT2D eigenvalue weighted by atomic mass is 9.64. The van der Waals surface area contributed by atoms with Gasteiger partial charge >= 0.3 is 0 Å². The van der Waals surface area contributed by atoms with Crippen molar-refractivity contribution in [3.05, 3.63) is 59.9 Å². The third-order valence-corrected chi connectivity index (χ3v) is 5.09. The fourth-order valence-corrected chi connectivity index (χ4v) is 3.36. The highest BCUT2D eigenvalue weighted by Gasteiger charge is 2.45. The van der Waals surface area contributed by atoms with Crippen LogP contribution in [0.1, 0.15) is 24.8 Å². The van der Waals surface area contributed by atoms with E-state index in [0.717, 1.165) is 35.4 Å². The Bertz CT molecular complexity index is 680. The van der Waals surface area contributed by atoms with E-state index in [2.05, 4.69) is 5.32 Å². The Morgan fingerprint density at radius 1 is 1.18 bits per heavy atom. The number of anilines is 1. The molecule has 1 fully saturated rings. The zero-order valence-electron chi connectivity index (χ0n) is 12.4. The fourth-order valence-electron chi connectivity index (χ4n) is 2.90. The lowest BCUT2D eigenvalue weighted by molar-refractivity contribution is -0.124. The van der Waals surface area contributed by atoms with Gasteiger partial charge in [-0.15, -0.1) is 11.8 Å². The average molecular weight is 315 g/mol. The van der Waals surface area contributed by atoms with Gasteiger partial charge in [0.2, 0.25) is 5.91 Å². The van der Waals surface area contributed by atoms with Gasteiger partial charge in [0.15, 0.2) is 0 Å². The molecule has 0 unspecified atom stereocenters. The highest BCUT2D eigenvalue weighted by atomic mass is 32.2. The van der Waals surface area contributed by atoms with Crippen molar-refractivity contribution in [1.29, 1.82) is 0 Å². The highest BCUT2D eigenvalue weighted by molar-refractivity contribution is 7.98. The zero-order chi connectivity index (χ0) is 15.6. The third-order valence-electron chi connectivity index (χ3n) is 4.37. The predicted molar refractivity (Wildman–Crippen MR) is 88.8 cm³/mol. The Morgan fingerprint density at radius 3 is 2.50 bits per heavy atom. The number of carbonyl (C=O) groups is 1. The van der Waals surface area contributed by atoms with E-state index < -0.39 is 5.41 Å². The molecule has 3 rings (SSSR count). The molecule has 0 aromatic heterocycles. The largest absolute Gasteiger partial charge is 0.325 e. The SMILES string of the molecule is CSc1cccc(NC(=O)C2(c3ccc(F)cc3)CCC2)c1. The van der Waals surface area contributed by atoms with Crippen molar-refractivity contribution in [3.63, 3.8) is 0 Å². The summed E-state index contributed by atoms with van der Waals surface area (Å²) in [6.45, 7) is 0. The maximum absolute atomic E-state index is 13.1. The fraction of sp³-hybridized carbons (Fsp3) is 0.278. The summed E-state index contributed by atoms with van der Waals surface area (Å²) < 4.78 is 13.1. The first kappa shape index (κ1) is 15.1. The minimum Gasteiger partial charge on any atom is -0.325 e. The van der Waals surface area contributed by atoms with Crippen molar-refractivity contribution in [3.8, 4) is 0 Å². The molecule has 4 heteroatoms. The highest BCUT2D eigenvalue weighted by Crippen LogP contribution is 2.44. The summed E-state index contributed by atoms with van der Waals surface area (Å²) in [4.78, 5) is 13.9. The van der Waals surface area contributed by atoms with Gasteiger partial charge in [-0.3, -0.25) is 4.79 Å². The standard InChI is InChI=1S/C18H18FNOS/c1-22-16-5-2-4-15(12-16)20-17(21)18(10-3-11-18)13-6-8-14(19)9-7-13/h2,4-9,12H,3,10-11H2,1H3,(H,20,21). The van der Waals surface area contributed by atoms with Gasteiger partial charge in [-0.1, -0.05) is 24.6 Å². The Balaban J connectivity index is 1.84. The Labute approximate surface area is 134 Å². The van der Waals surface area contributed by atoms with Crippen molar-refractivity contribution in [2.75, 3.05) is 11.6 Å². The van der Waals surface area contributed by atoms with Crippen LogP contribution in [0, 0.1) is 5.82 Å². The van der Waals surface area contributed by atoms with Crippen LogP contribution >= 0.6 is 11.8 Å². The molecule has 1 aliphatic rings. The van der Waals surface area contributed by atoms with Gasteiger partial charge in [0.05, 0.1) is 5.41 Å². The number of thioether (sulfide) groups is 1. The summed E-state index contributed by atoms with van der Waals surface area (Å²) in [5.74, 6) is -0.269. The molecule has 1 N–H and O–H groups in total. The molecule has 0 saturated heterocycles. The van der Waals surface area contributed by atoms with Gasteiger partial charge in [0.25, 0.3) is 0 Å². The summed E-state index contributed by atoms with van der Waals surface area (Å²) in [6, 6.07) is 14.1. The van der Waals surface area contributed by atoms with Crippen LogP contribution in [0.4, 0.5) is 10.1 Å².